The van der Waals surface area contributed by atoms with E-state index in [9.17, 15) is 9.59 Å². The summed E-state index contributed by atoms with van der Waals surface area (Å²) < 4.78 is 0. The van der Waals surface area contributed by atoms with Crippen LogP contribution in [0.2, 0.25) is 0 Å². The second-order valence-corrected chi connectivity index (χ2v) is 12.3. The van der Waals surface area contributed by atoms with Gasteiger partial charge in [0, 0.05) is 31.3 Å². The van der Waals surface area contributed by atoms with Gasteiger partial charge >= 0.3 is 0 Å². The number of benzene rings is 3. The van der Waals surface area contributed by atoms with Crippen LogP contribution in [0.4, 0.5) is 0 Å². The topological polar surface area (TPSA) is 65.7 Å². The minimum absolute atomic E-state index is 0.00335. The van der Waals surface area contributed by atoms with Crippen molar-refractivity contribution < 1.29 is 0 Å². The van der Waals surface area contributed by atoms with Gasteiger partial charge in [0.15, 0.2) is 10.9 Å². The average molecular weight is 545 g/mol. The highest BCUT2D eigenvalue weighted by Gasteiger charge is 2.14. The summed E-state index contributed by atoms with van der Waals surface area (Å²) in [4.78, 5) is 36.4. The lowest BCUT2D eigenvalue weighted by Crippen LogP contribution is -2.09. The van der Waals surface area contributed by atoms with E-state index in [0.717, 1.165) is 32.3 Å². The zero-order chi connectivity index (χ0) is 26.5. The zero-order valence-corrected chi connectivity index (χ0v) is 24.0. The van der Waals surface area contributed by atoms with Crippen molar-refractivity contribution >= 4 is 67.1 Å². The molecule has 0 radical (unpaired) electrons. The Morgan fingerprint density at radius 2 is 1.03 bits per heavy atom. The average Bonchev–Trinajstić information content (AvgIpc) is 2.93. The largest absolute Gasteiger partial charge is 0.353 e. The summed E-state index contributed by atoms with van der Waals surface area (Å²) in [7, 11) is 0. The molecule has 3 aromatic carbocycles. The number of unbranched alkanes of at least 4 members (excludes halogenated alkanes) is 6. The first kappa shape index (κ1) is 26.9. The molecule has 2 aromatic heterocycles. The summed E-state index contributed by atoms with van der Waals surface area (Å²) in [6.45, 7) is 4.44. The molecule has 198 valence electrons. The molecule has 0 unspecified atom stereocenters. The smallest absolute Gasteiger partial charge is 0.197 e. The number of hydrogen-bond acceptors (Lipinski definition) is 4. The maximum atomic E-state index is 13.6. The van der Waals surface area contributed by atoms with Crippen LogP contribution < -0.4 is 10.9 Å². The second kappa shape index (κ2) is 12.4. The Bertz CT molecular complexity index is 1580. The van der Waals surface area contributed by atoms with Gasteiger partial charge in [-0.15, -0.1) is 23.5 Å². The monoisotopic (exact) mass is 544 g/mol. The van der Waals surface area contributed by atoms with E-state index in [4.69, 9.17) is 0 Å². The van der Waals surface area contributed by atoms with Gasteiger partial charge in [-0.05, 0) is 60.7 Å². The number of aromatic nitrogens is 2. The first-order chi connectivity index (χ1) is 18.6. The molecular formula is C32H36N2O2S2. The first-order valence-corrected chi connectivity index (χ1v) is 15.9. The van der Waals surface area contributed by atoms with Gasteiger partial charge in [0.05, 0.1) is 22.1 Å². The Hall–Kier alpha value is -2.70. The molecule has 0 aliphatic rings. The Kier molecular flexibility index (Phi) is 8.80. The fourth-order valence-corrected chi connectivity index (χ4v) is 7.20. The molecule has 0 aliphatic carbocycles. The minimum Gasteiger partial charge on any atom is -0.353 e. The van der Waals surface area contributed by atoms with Gasteiger partial charge < -0.3 is 9.97 Å². The summed E-state index contributed by atoms with van der Waals surface area (Å²) >= 11 is 3.60. The van der Waals surface area contributed by atoms with Crippen LogP contribution in [0.3, 0.4) is 0 Å². The van der Waals surface area contributed by atoms with E-state index in [1.165, 1.54) is 51.4 Å². The molecule has 0 spiro atoms. The van der Waals surface area contributed by atoms with E-state index < -0.39 is 0 Å². The number of nitrogens with one attached hydrogen (secondary N) is 2. The van der Waals surface area contributed by atoms with Crippen LogP contribution in [-0.4, -0.2) is 21.5 Å². The molecule has 0 fully saturated rings. The van der Waals surface area contributed by atoms with Crippen LogP contribution in [0, 0.1) is 0 Å². The number of pyridine rings is 2. The fraction of sp³-hybridized carbons (Fsp3) is 0.375. The molecule has 0 bridgehead atoms. The lowest BCUT2D eigenvalue weighted by Gasteiger charge is -2.11. The van der Waals surface area contributed by atoms with Gasteiger partial charge in [0.25, 0.3) is 0 Å². The molecule has 4 nitrogen and oxygen atoms in total. The Morgan fingerprint density at radius 3 is 1.45 bits per heavy atom. The summed E-state index contributed by atoms with van der Waals surface area (Å²) in [6.07, 6.45) is 9.75. The standard InChI is InChI=1S/C32H36N2O2S2/c1-3-5-7-9-17-37-27-15-11-13-21-29(27)33-25-19-24-26(20-23(25)31(21)35)34-30-22(32(24)36)14-12-16-28(30)38-18-10-8-6-4-2/h11-16,19-20H,3-10,17-18H2,1-2H3,(H,33,35)(H,34,36). The number of thioether (sulfide) groups is 2. The highest BCUT2D eigenvalue weighted by Crippen LogP contribution is 2.31. The summed E-state index contributed by atoms with van der Waals surface area (Å²) in [5.74, 6) is 2.06. The van der Waals surface area contributed by atoms with Crippen molar-refractivity contribution in [3.63, 3.8) is 0 Å². The second-order valence-electron chi connectivity index (χ2n) is 10.0. The molecule has 0 amide bonds. The molecule has 2 N–H and O–H groups in total. The van der Waals surface area contributed by atoms with Crippen LogP contribution in [0.15, 0.2) is 67.9 Å². The molecule has 6 heteroatoms. The summed E-state index contributed by atoms with van der Waals surface area (Å²) in [5, 5.41) is 2.60. The maximum absolute atomic E-state index is 13.6. The third-order valence-corrected chi connectivity index (χ3v) is 9.51. The van der Waals surface area contributed by atoms with E-state index >= 15 is 0 Å². The molecule has 2 heterocycles. The minimum atomic E-state index is 0.00335. The van der Waals surface area contributed by atoms with Crippen LogP contribution in [0.25, 0.3) is 43.6 Å². The van der Waals surface area contributed by atoms with E-state index in [1.54, 1.807) is 23.5 Å². The Balaban J connectivity index is 1.57. The Labute approximate surface area is 232 Å². The number of fused-ring (bicyclic) bond motifs is 4. The van der Waals surface area contributed by atoms with Gasteiger partial charge in [-0.2, -0.15) is 0 Å². The third kappa shape index (κ3) is 5.52. The van der Waals surface area contributed by atoms with E-state index in [1.807, 2.05) is 36.4 Å². The van der Waals surface area contributed by atoms with Crippen LogP contribution in [0.1, 0.15) is 65.2 Å². The highest BCUT2D eigenvalue weighted by atomic mass is 32.2. The van der Waals surface area contributed by atoms with Gasteiger partial charge in [-0.3, -0.25) is 9.59 Å². The molecule has 5 aromatic rings. The highest BCUT2D eigenvalue weighted by molar-refractivity contribution is 7.99. The number of rotatable bonds is 12. The number of aromatic amines is 2. The molecule has 0 saturated heterocycles. The Morgan fingerprint density at radius 1 is 0.579 bits per heavy atom. The van der Waals surface area contributed by atoms with Gasteiger partial charge in [-0.1, -0.05) is 64.5 Å². The fourth-order valence-electron chi connectivity index (χ4n) is 5.10. The number of para-hydroxylation sites is 2. The predicted octanol–water partition coefficient (Wildman–Crippen LogP) is 9.02. The zero-order valence-electron chi connectivity index (χ0n) is 22.3. The van der Waals surface area contributed by atoms with Crippen molar-refractivity contribution in [1.29, 1.82) is 0 Å². The maximum Gasteiger partial charge on any atom is 0.197 e. The molecular weight excluding hydrogens is 508 g/mol. The number of hydrogen-bond donors (Lipinski definition) is 2. The van der Waals surface area contributed by atoms with Crippen LogP contribution in [-0.2, 0) is 0 Å². The van der Waals surface area contributed by atoms with Gasteiger partial charge in [0.1, 0.15) is 0 Å². The third-order valence-electron chi connectivity index (χ3n) is 7.22. The van der Waals surface area contributed by atoms with Crippen molar-refractivity contribution in [2.75, 3.05) is 11.5 Å². The van der Waals surface area contributed by atoms with Crippen LogP contribution in [0.5, 0.6) is 0 Å². The van der Waals surface area contributed by atoms with Crippen molar-refractivity contribution in [3.05, 3.63) is 69.0 Å². The van der Waals surface area contributed by atoms with Crippen molar-refractivity contribution in [2.45, 2.75) is 75.0 Å². The van der Waals surface area contributed by atoms with E-state index in [-0.39, 0.29) is 10.9 Å². The van der Waals surface area contributed by atoms with E-state index in [2.05, 4.69) is 35.9 Å². The van der Waals surface area contributed by atoms with Crippen molar-refractivity contribution in [1.82, 2.24) is 9.97 Å². The molecule has 0 atom stereocenters. The van der Waals surface area contributed by atoms with Crippen molar-refractivity contribution in [2.24, 2.45) is 0 Å². The van der Waals surface area contributed by atoms with Crippen molar-refractivity contribution in [3.8, 4) is 0 Å². The normalized spacial score (nSPS) is 11.8. The summed E-state index contributed by atoms with van der Waals surface area (Å²) in [5.41, 5.74) is 3.15. The predicted molar refractivity (Wildman–Crippen MR) is 167 cm³/mol. The van der Waals surface area contributed by atoms with Gasteiger partial charge in [-0.25, -0.2) is 0 Å². The number of H-pyrrole nitrogens is 2. The lowest BCUT2D eigenvalue weighted by atomic mass is 10.1. The molecule has 5 rings (SSSR count). The SMILES string of the molecule is CCCCCCSc1cccc2c(=O)c3cc4[nH]c5c(SCCCCCC)cccc5c(=O)c4cc3[nH]c12. The van der Waals surface area contributed by atoms with E-state index in [0.29, 0.717) is 32.6 Å². The molecule has 38 heavy (non-hydrogen) atoms. The molecule has 0 aliphatic heterocycles. The van der Waals surface area contributed by atoms with Crippen LogP contribution >= 0.6 is 23.5 Å². The summed E-state index contributed by atoms with van der Waals surface area (Å²) in [6, 6.07) is 15.6. The quantitative estimate of drug-likeness (QED) is 0.0934. The van der Waals surface area contributed by atoms with Gasteiger partial charge in [0.2, 0.25) is 0 Å². The first-order valence-electron chi connectivity index (χ1n) is 14.0. The lowest BCUT2D eigenvalue weighted by molar-refractivity contribution is 0.706. The molecule has 0 saturated carbocycles.